The number of thioether (sulfide) groups is 1. The molecule has 1 rings (SSSR count). The van der Waals surface area contributed by atoms with E-state index in [0.717, 1.165) is 12.2 Å². The predicted molar refractivity (Wildman–Crippen MR) is 63.1 cm³/mol. The van der Waals surface area contributed by atoms with Crippen molar-refractivity contribution < 1.29 is 4.42 Å². The third-order valence-electron chi connectivity index (χ3n) is 2.33. The van der Waals surface area contributed by atoms with Crippen molar-refractivity contribution in [1.82, 2.24) is 10.2 Å². The molecule has 0 amide bonds. The Labute approximate surface area is 94.4 Å². The molecule has 15 heavy (non-hydrogen) atoms. The predicted octanol–water partition coefficient (Wildman–Crippen LogP) is 1.11. The Morgan fingerprint density at radius 1 is 1.53 bits per heavy atom. The summed E-state index contributed by atoms with van der Waals surface area (Å²) < 4.78 is 5.37. The Morgan fingerprint density at radius 3 is 2.80 bits per heavy atom. The molecule has 0 saturated heterocycles. The molecule has 0 aromatic carbocycles. The number of aromatic nitrogens is 2. The zero-order valence-corrected chi connectivity index (χ0v) is 10.3. The van der Waals surface area contributed by atoms with Crippen molar-refractivity contribution in [1.29, 1.82) is 0 Å². The van der Waals surface area contributed by atoms with Crippen molar-refractivity contribution in [3.8, 4) is 0 Å². The molecule has 0 fully saturated rings. The number of nitrogens with zero attached hydrogens (tertiary/aromatic N) is 3. The van der Waals surface area contributed by atoms with Gasteiger partial charge in [0.25, 0.3) is 0 Å². The summed E-state index contributed by atoms with van der Waals surface area (Å²) in [6.45, 7) is 2.43. The minimum atomic E-state index is 0.292. The number of anilines is 1. The van der Waals surface area contributed by atoms with Gasteiger partial charge in [0.2, 0.25) is 5.89 Å². The highest BCUT2D eigenvalue weighted by atomic mass is 32.2. The SMILES string of the molecule is CSCCC(C)N(C)c1nnc(CN)o1. The zero-order chi connectivity index (χ0) is 11.3. The van der Waals surface area contributed by atoms with Crippen LogP contribution in [0.2, 0.25) is 0 Å². The lowest BCUT2D eigenvalue weighted by Crippen LogP contribution is -2.29. The molecule has 1 heterocycles. The Balaban J connectivity index is 2.54. The minimum Gasteiger partial charge on any atom is -0.407 e. The summed E-state index contributed by atoms with van der Waals surface area (Å²) in [6.07, 6.45) is 3.20. The molecule has 0 saturated carbocycles. The van der Waals surface area contributed by atoms with Gasteiger partial charge in [-0.05, 0) is 25.4 Å². The topological polar surface area (TPSA) is 68.2 Å². The van der Waals surface area contributed by atoms with E-state index in [-0.39, 0.29) is 0 Å². The molecule has 0 bridgehead atoms. The molecule has 5 nitrogen and oxygen atoms in total. The fourth-order valence-electron chi connectivity index (χ4n) is 1.14. The van der Waals surface area contributed by atoms with Gasteiger partial charge in [0, 0.05) is 13.1 Å². The van der Waals surface area contributed by atoms with Crippen LogP contribution in [0, 0.1) is 0 Å². The smallest absolute Gasteiger partial charge is 0.318 e. The summed E-state index contributed by atoms with van der Waals surface area (Å²) in [4.78, 5) is 1.99. The molecular weight excluding hydrogens is 212 g/mol. The van der Waals surface area contributed by atoms with Crippen LogP contribution in [0.4, 0.5) is 6.01 Å². The zero-order valence-electron chi connectivity index (χ0n) is 9.43. The molecule has 1 aromatic rings. The highest BCUT2D eigenvalue weighted by molar-refractivity contribution is 7.98. The molecular formula is C9H18N4OS. The van der Waals surface area contributed by atoms with Crippen LogP contribution in [-0.4, -0.2) is 35.3 Å². The second-order valence-electron chi connectivity index (χ2n) is 3.42. The average molecular weight is 230 g/mol. The van der Waals surface area contributed by atoms with Crippen molar-refractivity contribution in [3.63, 3.8) is 0 Å². The van der Waals surface area contributed by atoms with Crippen molar-refractivity contribution >= 4 is 17.8 Å². The lowest BCUT2D eigenvalue weighted by atomic mass is 10.2. The van der Waals surface area contributed by atoms with Crippen LogP contribution in [0.5, 0.6) is 0 Å². The average Bonchev–Trinajstić information content (AvgIpc) is 2.73. The Bertz CT molecular complexity index is 291. The van der Waals surface area contributed by atoms with Gasteiger partial charge in [0.15, 0.2) is 0 Å². The van der Waals surface area contributed by atoms with Gasteiger partial charge in [0.1, 0.15) is 0 Å². The van der Waals surface area contributed by atoms with Gasteiger partial charge in [-0.1, -0.05) is 5.10 Å². The lowest BCUT2D eigenvalue weighted by molar-refractivity contribution is 0.476. The van der Waals surface area contributed by atoms with Crippen molar-refractivity contribution in [3.05, 3.63) is 5.89 Å². The normalized spacial score (nSPS) is 12.8. The molecule has 86 valence electrons. The summed E-state index contributed by atoms with van der Waals surface area (Å²) in [5.41, 5.74) is 5.40. The second kappa shape index (κ2) is 5.97. The fourth-order valence-corrected chi connectivity index (χ4v) is 1.72. The van der Waals surface area contributed by atoms with E-state index in [1.165, 1.54) is 0 Å². The maximum absolute atomic E-state index is 5.40. The van der Waals surface area contributed by atoms with Crippen molar-refractivity contribution in [2.45, 2.75) is 25.9 Å². The first-order valence-corrected chi connectivity index (χ1v) is 6.32. The maximum atomic E-state index is 5.40. The van der Waals surface area contributed by atoms with Gasteiger partial charge in [-0.3, -0.25) is 0 Å². The summed E-state index contributed by atoms with van der Waals surface area (Å²) in [6, 6.07) is 0.938. The van der Waals surface area contributed by atoms with Gasteiger partial charge in [-0.15, -0.1) is 5.10 Å². The Kier molecular flexibility index (Phi) is 4.90. The van der Waals surface area contributed by atoms with Gasteiger partial charge in [-0.2, -0.15) is 11.8 Å². The summed E-state index contributed by atoms with van der Waals surface area (Å²) in [5.74, 6) is 1.61. The van der Waals surface area contributed by atoms with Crippen molar-refractivity contribution in [2.75, 3.05) is 24.0 Å². The first-order valence-electron chi connectivity index (χ1n) is 4.93. The highest BCUT2D eigenvalue weighted by Gasteiger charge is 2.15. The van der Waals surface area contributed by atoms with E-state index in [1.807, 2.05) is 23.7 Å². The van der Waals surface area contributed by atoms with E-state index >= 15 is 0 Å². The van der Waals surface area contributed by atoms with Crippen LogP contribution >= 0.6 is 11.8 Å². The third-order valence-corrected chi connectivity index (χ3v) is 2.98. The van der Waals surface area contributed by atoms with E-state index < -0.39 is 0 Å². The molecule has 0 aliphatic rings. The lowest BCUT2D eigenvalue weighted by Gasteiger charge is -2.22. The fraction of sp³-hybridized carbons (Fsp3) is 0.778. The number of hydrogen-bond acceptors (Lipinski definition) is 6. The summed E-state index contributed by atoms with van der Waals surface area (Å²) in [5, 5.41) is 7.77. The van der Waals surface area contributed by atoms with Crippen LogP contribution in [0.15, 0.2) is 4.42 Å². The minimum absolute atomic E-state index is 0.292. The van der Waals surface area contributed by atoms with Crippen LogP contribution in [0.3, 0.4) is 0 Å². The molecule has 1 unspecified atom stereocenters. The maximum Gasteiger partial charge on any atom is 0.318 e. The monoisotopic (exact) mass is 230 g/mol. The molecule has 1 atom stereocenters. The van der Waals surface area contributed by atoms with Gasteiger partial charge in [-0.25, -0.2) is 0 Å². The van der Waals surface area contributed by atoms with Crippen LogP contribution in [-0.2, 0) is 6.54 Å². The quantitative estimate of drug-likeness (QED) is 0.789. The molecule has 0 aliphatic heterocycles. The molecule has 0 aliphatic carbocycles. The first-order chi connectivity index (χ1) is 7.19. The van der Waals surface area contributed by atoms with E-state index in [4.69, 9.17) is 10.2 Å². The van der Waals surface area contributed by atoms with Crippen LogP contribution in [0.1, 0.15) is 19.2 Å². The number of nitrogens with two attached hydrogens (primary N) is 1. The third kappa shape index (κ3) is 3.39. The first kappa shape index (κ1) is 12.3. The van der Waals surface area contributed by atoms with Crippen molar-refractivity contribution in [2.24, 2.45) is 5.73 Å². The Morgan fingerprint density at radius 2 is 2.27 bits per heavy atom. The van der Waals surface area contributed by atoms with E-state index in [9.17, 15) is 0 Å². The molecule has 2 N–H and O–H groups in total. The summed E-state index contributed by atoms with van der Waals surface area (Å²) >= 11 is 1.84. The molecule has 0 spiro atoms. The second-order valence-corrected chi connectivity index (χ2v) is 4.41. The van der Waals surface area contributed by atoms with Gasteiger partial charge in [0.05, 0.1) is 6.54 Å². The van der Waals surface area contributed by atoms with Gasteiger partial charge < -0.3 is 15.1 Å². The number of rotatable bonds is 6. The molecule has 0 radical (unpaired) electrons. The van der Waals surface area contributed by atoms with Gasteiger partial charge >= 0.3 is 6.01 Å². The van der Waals surface area contributed by atoms with E-state index in [2.05, 4.69) is 23.4 Å². The van der Waals surface area contributed by atoms with E-state index in [0.29, 0.717) is 24.5 Å². The molecule has 6 heteroatoms. The number of hydrogen-bond donors (Lipinski definition) is 1. The summed E-state index contributed by atoms with van der Waals surface area (Å²) in [7, 11) is 1.96. The van der Waals surface area contributed by atoms with E-state index in [1.54, 1.807) is 0 Å². The van der Waals surface area contributed by atoms with Crippen LogP contribution in [0.25, 0.3) is 0 Å². The molecule has 1 aromatic heterocycles. The largest absolute Gasteiger partial charge is 0.407 e. The standard InChI is InChI=1S/C9H18N4OS/c1-7(4-5-15-3)13(2)9-12-11-8(6-10)14-9/h7H,4-6,10H2,1-3H3. The van der Waals surface area contributed by atoms with Crippen LogP contribution < -0.4 is 10.6 Å². The Hall–Kier alpha value is -0.750. The highest BCUT2D eigenvalue weighted by Crippen LogP contribution is 2.15.